The van der Waals surface area contributed by atoms with Gasteiger partial charge in [0.2, 0.25) is 5.78 Å². The van der Waals surface area contributed by atoms with E-state index < -0.39 is 11.7 Å². The van der Waals surface area contributed by atoms with Gasteiger partial charge in [0.25, 0.3) is 0 Å². The third kappa shape index (κ3) is 2.65. The van der Waals surface area contributed by atoms with Crippen LogP contribution in [0.3, 0.4) is 0 Å². The topological polar surface area (TPSA) is 47.5 Å². The lowest BCUT2D eigenvalue weighted by Gasteiger charge is -2.08. The predicted molar refractivity (Wildman–Crippen MR) is 77.0 cm³/mol. The molecule has 0 radical (unpaired) electrons. The summed E-state index contributed by atoms with van der Waals surface area (Å²) in [5.74, 6) is -0.223. The summed E-state index contributed by atoms with van der Waals surface area (Å²) in [6.07, 6.45) is 1.26. The van der Waals surface area contributed by atoms with Gasteiger partial charge in [0.15, 0.2) is 0 Å². The van der Waals surface area contributed by atoms with Gasteiger partial charge in [0, 0.05) is 11.8 Å². The van der Waals surface area contributed by atoms with E-state index in [1.807, 2.05) is 0 Å². The maximum absolute atomic E-state index is 12.9. The first kappa shape index (κ1) is 15.1. The number of hydrogen-bond acceptors (Lipinski definition) is 3. The number of benzene rings is 1. The molecule has 0 atom stereocenters. The van der Waals surface area contributed by atoms with E-state index in [9.17, 15) is 18.0 Å². The van der Waals surface area contributed by atoms with Crippen molar-refractivity contribution in [3.8, 4) is 11.3 Å². The van der Waals surface area contributed by atoms with Gasteiger partial charge in [0.1, 0.15) is 17.7 Å². The Kier molecular flexibility index (Phi) is 3.55. The molecule has 4 nitrogen and oxygen atoms in total. The molecule has 0 spiro atoms. The van der Waals surface area contributed by atoms with Crippen molar-refractivity contribution in [2.45, 2.75) is 13.1 Å². The Morgan fingerprint density at radius 3 is 2.83 bits per heavy atom. The number of oxazole rings is 1. The molecule has 0 N–H and O–H groups in total. The molecule has 0 unspecified atom stereocenters. The van der Waals surface area contributed by atoms with Crippen LogP contribution in [0.1, 0.15) is 23.0 Å². The first-order valence-electron chi connectivity index (χ1n) is 6.72. The van der Waals surface area contributed by atoms with E-state index in [2.05, 4.69) is 4.98 Å². The molecule has 3 rings (SSSR count). The molecule has 2 heterocycles. The summed E-state index contributed by atoms with van der Waals surface area (Å²) < 4.78 is 45.2. The highest BCUT2D eigenvalue weighted by Gasteiger charge is 2.31. The van der Waals surface area contributed by atoms with Gasteiger partial charge in [-0.05, 0) is 25.1 Å². The average molecular weight is 320 g/mol. The number of halogens is 3. The predicted octanol–water partition coefficient (Wildman–Crippen LogP) is 4.37. The van der Waals surface area contributed by atoms with Crippen molar-refractivity contribution < 1.29 is 22.4 Å². The van der Waals surface area contributed by atoms with E-state index in [4.69, 9.17) is 4.42 Å². The van der Waals surface area contributed by atoms with Gasteiger partial charge in [0.05, 0.1) is 5.56 Å². The first-order valence-corrected chi connectivity index (χ1v) is 6.72. The fourth-order valence-corrected chi connectivity index (χ4v) is 2.30. The molecule has 2 aromatic heterocycles. The maximum atomic E-state index is 12.9. The third-order valence-electron chi connectivity index (χ3n) is 3.28. The molecular formula is C16H11F3N2O2. The number of nitrogens with zero attached hydrogens (tertiary/aromatic N) is 2. The average Bonchev–Trinajstić information content (AvgIpc) is 3.06. The molecule has 0 aliphatic rings. The van der Waals surface area contributed by atoms with Gasteiger partial charge in [-0.25, -0.2) is 0 Å². The molecule has 23 heavy (non-hydrogen) atoms. The van der Waals surface area contributed by atoms with Gasteiger partial charge in [-0.2, -0.15) is 18.2 Å². The summed E-state index contributed by atoms with van der Waals surface area (Å²) in [7, 11) is 0. The Morgan fingerprint density at radius 2 is 2.13 bits per heavy atom. The van der Waals surface area contributed by atoms with Crippen LogP contribution in [-0.4, -0.2) is 15.2 Å². The number of alkyl halides is 3. The van der Waals surface area contributed by atoms with E-state index in [0.29, 0.717) is 0 Å². The smallest absolute Gasteiger partial charge is 0.416 e. The minimum absolute atomic E-state index is 0.144. The number of hydrogen-bond donors (Lipinski definition) is 0. The number of allylic oxidation sites excluding steroid dienone is 2. The Hall–Kier alpha value is -2.83. The normalized spacial score (nSPS) is 12.3. The zero-order valence-electron chi connectivity index (χ0n) is 12.0. The van der Waals surface area contributed by atoms with Crippen molar-refractivity contribution in [1.82, 2.24) is 9.38 Å². The number of aromatic nitrogens is 2. The molecule has 0 saturated heterocycles. The Balaban J connectivity index is 2.22. The molecule has 1 aromatic carbocycles. The van der Waals surface area contributed by atoms with Gasteiger partial charge in [-0.15, -0.1) is 0 Å². The quantitative estimate of drug-likeness (QED) is 0.532. The van der Waals surface area contributed by atoms with Crippen LogP contribution in [0, 0.1) is 0 Å². The van der Waals surface area contributed by atoms with Gasteiger partial charge in [-0.3, -0.25) is 9.20 Å². The lowest BCUT2D eigenvalue weighted by atomic mass is 10.0. The number of carbonyl (C=O) groups excluding carboxylic acids is 1. The second-order valence-corrected chi connectivity index (χ2v) is 4.81. The second kappa shape index (κ2) is 5.42. The van der Waals surface area contributed by atoms with Crippen LogP contribution in [0.15, 0.2) is 53.3 Å². The maximum Gasteiger partial charge on any atom is 0.416 e. The van der Waals surface area contributed by atoms with Crippen LogP contribution < -0.4 is 0 Å². The highest BCUT2D eigenvalue weighted by Crippen LogP contribution is 2.33. The van der Waals surface area contributed by atoms with Crippen molar-refractivity contribution >= 4 is 11.6 Å². The van der Waals surface area contributed by atoms with Gasteiger partial charge < -0.3 is 4.42 Å². The van der Waals surface area contributed by atoms with Crippen LogP contribution in [0.5, 0.6) is 0 Å². The van der Waals surface area contributed by atoms with Crippen molar-refractivity contribution in [2.24, 2.45) is 0 Å². The lowest BCUT2D eigenvalue weighted by Crippen LogP contribution is -2.05. The fourth-order valence-electron chi connectivity index (χ4n) is 2.30. The standard InChI is InChI=1S/C16H11F3N2O2/c1-2-4-12(22)14-13(20-15-21(14)7-8-23-15)10-5-3-6-11(9-10)16(17,18)19/h2-9H,1H3/b4-2+. The Bertz CT molecular complexity index is 904. The summed E-state index contributed by atoms with van der Waals surface area (Å²) in [5, 5.41) is 0. The largest absolute Gasteiger partial charge is 0.432 e. The third-order valence-corrected chi connectivity index (χ3v) is 3.28. The molecule has 118 valence electrons. The van der Waals surface area contributed by atoms with Crippen LogP contribution in [0.2, 0.25) is 0 Å². The minimum Gasteiger partial charge on any atom is -0.432 e. The summed E-state index contributed by atoms with van der Waals surface area (Å²) in [6.45, 7) is 1.68. The fraction of sp³-hybridized carbons (Fsp3) is 0.125. The van der Waals surface area contributed by atoms with Crippen LogP contribution in [0.25, 0.3) is 17.1 Å². The highest BCUT2D eigenvalue weighted by molar-refractivity contribution is 6.07. The lowest BCUT2D eigenvalue weighted by molar-refractivity contribution is -0.137. The van der Waals surface area contributed by atoms with Crippen LogP contribution in [-0.2, 0) is 6.18 Å². The minimum atomic E-state index is -4.47. The van der Waals surface area contributed by atoms with Crippen LogP contribution in [0.4, 0.5) is 13.2 Å². The zero-order valence-corrected chi connectivity index (χ0v) is 12.0. The molecular weight excluding hydrogens is 309 g/mol. The molecule has 0 fully saturated rings. The van der Waals surface area contributed by atoms with E-state index >= 15 is 0 Å². The number of fused-ring (bicyclic) bond motifs is 1. The van der Waals surface area contributed by atoms with Crippen molar-refractivity contribution in [3.63, 3.8) is 0 Å². The van der Waals surface area contributed by atoms with Crippen molar-refractivity contribution in [3.05, 3.63) is 60.1 Å². The SMILES string of the molecule is C/C=C/C(=O)c1c(-c2cccc(C(F)(F)F)c2)nc2occn12. The number of rotatable bonds is 3. The molecule has 0 saturated carbocycles. The molecule has 0 aliphatic carbocycles. The Morgan fingerprint density at radius 1 is 1.35 bits per heavy atom. The van der Waals surface area contributed by atoms with Crippen molar-refractivity contribution in [2.75, 3.05) is 0 Å². The van der Waals surface area contributed by atoms with Crippen LogP contribution >= 0.6 is 0 Å². The molecule has 7 heteroatoms. The molecule has 0 bridgehead atoms. The summed E-state index contributed by atoms with van der Waals surface area (Å²) in [6, 6.07) is 4.69. The second-order valence-electron chi connectivity index (χ2n) is 4.81. The number of ketones is 1. The Labute approximate surface area is 128 Å². The zero-order chi connectivity index (χ0) is 16.6. The summed E-state index contributed by atoms with van der Waals surface area (Å²) in [5.41, 5.74) is -0.291. The number of carbonyl (C=O) groups is 1. The highest BCUT2D eigenvalue weighted by atomic mass is 19.4. The van der Waals surface area contributed by atoms with E-state index in [0.717, 1.165) is 12.1 Å². The summed E-state index contributed by atoms with van der Waals surface area (Å²) in [4.78, 5) is 16.4. The van der Waals surface area contributed by atoms with E-state index in [1.165, 1.54) is 35.1 Å². The van der Waals surface area contributed by atoms with E-state index in [1.54, 1.807) is 13.0 Å². The number of imidazole rings is 1. The van der Waals surface area contributed by atoms with E-state index in [-0.39, 0.29) is 28.6 Å². The molecule has 0 amide bonds. The first-order chi connectivity index (χ1) is 10.9. The summed E-state index contributed by atoms with van der Waals surface area (Å²) >= 11 is 0. The molecule has 0 aliphatic heterocycles. The van der Waals surface area contributed by atoms with Gasteiger partial charge in [-0.1, -0.05) is 18.2 Å². The monoisotopic (exact) mass is 320 g/mol. The molecule has 3 aromatic rings. The van der Waals surface area contributed by atoms with Gasteiger partial charge >= 0.3 is 12.0 Å². The van der Waals surface area contributed by atoms with Crippen molar-refractivity contribution in [1.29, 1.82) is 0 Å².